The third-order valence-corrected chi connectivity index (χ3v) is 4.28. The van der Waals surface area contributed by atoms with Crippen LogP contribution in [0.4, 0.5) is 5.13 Å². The minimum Gasteiger partial charge on any atom is -0.378 e. The summed E-state index contributed by atoms with van der Waals surface area (Å²) in [5.74, 6) is 0. The van der Waals surface area contributed by atoms with E-state index >= 15 is 0 Å². The molecule has 108 valence electrons. The molecule has 2 rings (SSSR count). The smallest absolute Gasteiger partial charge is 0.185 e. The van der Waals surface area contributed by atoms with E-state index < -0.39 is 0 Å². The molecule has 0 aliphatic carbocycles. The molecule has 0 spiro atoms. The average Bonchev–Trinajstić information content (AvgIpc) is 2.89. The molecule has 0 aromatic carbocycles. The number of nitrogens with zero attached hydrogens (tertiary/aromatic N) is 3. The molecule has 2 heterocycles. The molecule has 0 amide bonds. The highest BCUT2D eigenvalue weighted by atomic mass is 32.1. The fourth-order valence-corrected chi connectivity index (χ4v) is 2.81. The summed E-state index contributed by atoms with van der Waals surface area (Å²) in [6.07, 6.45) is 4.61. The standard InChI is InChI=1S/C14H20N4OS/c1-18(8-5-11-3-6-16-7-4-11)14-17-12(10-19-2)13(9-15)20-14/h3-4,6-7H,5,8-10,15H2,1-2H3. The van der Waals surface area contributed by atoms with Crippen LogP contribution in [0.15, 0.2) is 24.5 Å². The molecule has 0 aliphatic heterocycles. The predicted molar refractivity (Wildman–Crippen MR) is 81.9 cm³/mol. The number of hydrogen-bond acceptors (Lipinski definition) is 6. The van der Waals surface area contributed by atoms with Crippen molar-refractivity contribution < 1.29 is 4.74 Å². The second-order valence-corrected chi connectivity index (χ2v) is 5.59. The van der Waals surface area contributed by atoms with Gasteiger partial charge < -0.3 is 15.4 Å². The van der Waals surface area contributed by atoms with Gasteiger partial charge in [0, 0.05) is 44.5 Å². The fraction of sp³-hybridized carbons (Fsp3) is 0.429. The Morgan fingerprint density at radius 1 is 1.35 bits per heavy atom. The van der Waals surface area contributed by atoms with Gasteiger partial charge in [-0.25, -0.2) is 4.98 Å². The quantitative estimate of drug-likeness (QED) is 0.843. The first-order valence-electron chi connectivity index (χ1n) is 6.52. The normalized spacial score (nSPS) is 10.8. The molecule has 2 N–H and O–H groups in total. The number of likely N-dealkylation sites (N-methyl/N-ethyl adjacent to an activating group) is 1. The Kier molecular flexibility index (Phi) is 5.46. The Hall–Kier alpha value is -1.50. The van der Waals surface area contributed by atoms with Gasteiger partial charge in [-0.1, -0.05) is 0 Å². The van der Waals surface area contributed by atoms with Gasteiger partial charge in [-0.3, -0.25) is 4.98 Å². The summed E-state index contributed by atoms with van der Waals surface area (Å²) in [7, 11) is 3.73. The zero-order valence-corrected chi connectivity index (χ0v) is 12.7. The predicted octanol–water partition coefficient (Wildman–Crippen LogP) is 1.82. The third-order valence-electron chi connectivity index (χ3n) is 3.05. The number of methoxy groups -OCH3 is 1. The Morgan fingerprint density at radius 3 is 2.75 bits per heavy atom. The fourth-order valence-electron chi connectivity index (χ4n) is 1.88. The van der Waals surface area contributed by atoms with Crippen molar-refractivity contribution in [3.63, 3.8) is 0 Å². The van der Waals surface area contributed by atoms with Gasteiger partial charge in [-0.15, -0.1) is 11.3 Å². The van der Waals surface area contributed by atoms with Crippen molar-refractivity contribution in [3.8, 4) is 0 Å². The summed E-state index contributed by atoms with van der Waals surface area (Å²) in [6.45, 7) is 1.93. The van der Waals surface area contributed by atoms with Gasteiger partial charge in [0.1, 0.15) is 0 Å². The van der Waals surface area contributed by atoms with E-state index in [9.17, 15) is 0 Å². The summed E-state index contributed by atoms with van der Waals surface area (Å²) in [5, 5.41) is 0.992. The highest BCUT2D eigenvalue weighted by Gasteiger charge is 2.12. The maximum absolute atomic E-state index is 5.75. The monoisotopic (exact) mass is 292 g/mol. The van der Waals surface area contributed by atoms with Crippen molar-refractivity contribution in [3.05, 3.63) is 40.7 Å². The van der Waals surface area contributed by atoms with Crippen molar-refractivity contribution in [1.29, 1.82) is 0 Å². The molecule has 0 bridgehead atoms. The van der Waals surface area contributed by atoms with Crippen molar-refractivity contribution >= 4 is 16.5 Å². The highest BCUT2D eigenvalue weighted by Crippen LogP contribution is 2.26. The number of anilines is 1. The molecule has 6 heteroatoms. The zero-order chi connectivity index (χ0) is 14.4. The minimum atomic E-state index is 0.508. The molecule has 0 saturated carbocycles. The van der Waals surface area contributed by atoms with E-state index in [1.807, 2.05) is 24.5 Å². The molecule has 0 atom stereocenters. The second kappa shape index (κ2) is 7.33. The van der Waals surface area contributed by atoms with E-state index in [2.05, 4.69) is 21.9 Å². The molecule has 0 saturated heterocycles. The van der Waals surface area contributed by atoms with Gasteiger partial charge >= 0.3 is 0 Å². The molecular weight excluding hydrogens is 272 g/mol. The third kappa shape index (κ3) is 3.75. The number of rotatable bonds is 7. The summed E-state index contributed by atoms with van der Waals surface area (Å²) in [6, 6.07) is 4.08. The van der Waals surface area contributed by atoms with Crippen LogP contribution in [0.1, 0.15) is 16.1 Å². The second-order valence-electron chi connectivity index (χ2n) is 4.53. The molecule has 0 aliphatic rings. The molecule has 0 fully saturated rings. The lowest BCUT2D eigenvalue weighted by Crippen LogP contribution is -2.20. The van der Waals surface area contributed by atoms with E-state index in [1.165, 1.54) is 5.56 Å². The number of ether oxygens (including phenoxy) is 1. The van der Waals surface area contributed by atoms with E-state index in [1.54, 1.807) is 18.4 Å². The first kappa shape index (κ1) is 14.9. The van der Waals surface area contributed by atoms with Gasteiger partial charge in [0.05, 0.1) is 12.3 Å². The molecule has 0 unspecified atom stereocenters. The van der Waals surface area contributed by atoms with Crippen LogP contribution in [0.5, 0.6) is 0 Å². The van der Waals surface area contributed by atoms with Gasteiger partial charge in [-0.05, 0) is 24.1 Å². The van der Waals surface area contributed by atoms with Gasteiger partial charge in [0.2, 0.25) is 0 Å². The molecule has 2 aromatic heterocycles. The Morgan fingerprint density at radius 2 is 2.10 bits per heavy atom. The lowest BCUT2D eigenvalue weighted by Gasteiger charge is -2.15. The molecule has 5 nitrogen and oxygen atoms in total. The lowest BCUT2D eigenvalue weighted by atomic mass is 10.2. The SMILES string of the molecule is COCc1nc(N(C)CCc2ccncc2)sc1CN. The van der Waals surface area contributed by atoms with Crippen LogP contribution in [0.3, 0.4) is 0 Å². The Labute approximate surface area is 123 Å². The van der Waals surface area contributed by atoms with Crippen molar-refractivity contribution in [2.75, 3.05) is 25.6 Å². The maximum Gasteiger partial charge on any atom is 0.185 e. The summed E-state index contributed by atoms with van der Waals surface area (Å²) in [4.78, 5) is 11.9. The number of nitrogens with two attached hydrogens (primary N) is 1. The van der Waals surface area contributed by atoms with Crippen LogP contribution < -0.4 is 10.6 Å². The minimum absolute atomic E-state index is 0.508. The van der Waals surface area contributed by atoms with E-state index in [-0.39, 0.29) is 0 Å². The number of thiazole rings is 1. The highest BCUT2D eigenvalue weighted by molar-refractivity contribution is 7.15. The Bertz CT molecular complexity index is 529. The number of pyridine rings is 1. The number of hydrogen-bond donors (Lipinski definition) is 1. The van der Waals surface area contributed by atoms with E-state index in [0.29, 0.717) is 13.2 Å². The first-order valence-corrected chi connectivity index (χ1v) is 7.34. The maximum atomic E-state index is 5.75. The molecule has 2 aromatic rings. The van der Waals surface area contributed by atoms with Crippen LogP contribution in [-0.2, 0) is 24.3 Å². The van der Waals surface area contributed by atoms with Crippen LogP contribution in [0.2, 0.25) is 0 Å². The Balaban J connectivity index is 2.00. The topological polar surface area (TPSA) is 64.3 Å². The largest absolute Gasteiger partial charge is 0.378 e. The van der Waals surface area contributed by atoms with E-state index in [4.69, 9.17) is 10.5 Å². The summed E-state index contributed by atoms with van der Waals surface area (Å²) in [5.41, 5.74) is 7.98. The van der Waals surface area contributed by atoms with E-state index in [0.717, 1.165) is 28.7 Å². The number of aromatic nitrogens is 2. The van der Waals surface area contributed by atoms with Crippen LogP contribution >= 0.6 is 11.3 Å². The lowest BCUT2D eigenvalue weighted by molar-refractivity contribution is 0.181. The zero-order valence-electron chi connectivity index (χ0n) is 11.9. The van der Waals surface area contributed by atoms with Crippen molar-refractivity contribution in [2.24, 2.45) is 5.73 Å². The van der Waals surface area contributed by atoms with Crippen molar-refractivity contribution in [1.82, 2.24) is 9.97 Å². The average molecular weight is 292 g/mol. The van der Waals surface area contributed by atoms with Gasteiger partial charge in [-0.2, -0.15) is 0 Å². The van der Waals surface area contributed by atoms with Gasteiger partial charge in [0.25, 0.3) is 0 Å². The first-order chi connectivity index (χ1) is 9.74. The summed E-state index contributed by atoms with van der Waals surface area (Å²) < 4.78 is 5.16. The molecular formula is C14H20N4OS. The summed E-state index contributed by atoms with van der Waals surface area (Å²) >= 11 is 1.64. The molecule has 20 heavy (non-hydrogen) atoms. The van der Waals surface area contributed by atoms with Crippen LogP contribution in [-0.4, -0.2) is 30.7 Å². The van der Waals surface area contributed by atoms with Crippen molar-refractivity contribution in [2.45, 2.75) is 19.6 Å². The molecule has 0 radical (unpaired) electrons. The van der Waals surface area contributed by atoms with Crippen LogP contribution in [0.25, 0.3) is 0 Å². The van der Waals surface area contributed by atoms with Crippen LogP contribution in [0, 0.1) is 0 Å². The van der Waals surface area contributed by atoms with Gasteiger partial charge in [0.15, 0.2) is 5.13 Å².